The molecule has 3 rings (SSSR count). The first-order valence-corrected chi connectivity index (χ1v) is 7.21. The van der Waals surface area contributed by atoms with Crippen LogP contribution in [0.3, 0.4) is 0 Å². The van der Waals surface area contributed by atoms with Gasteiger partial charge in [0.15, 0.2) is 17.2 Å². The van der Waals surface area contributed by atoms with E-state index in [2.05, 4.69) is 20.6 Å². The molecular weight excluding hydrogens is 312 g/mol. The molecule has 0 saturated carbocycles. The number of carbonyl (C=O) groups is 2. The Morgan fingerprint density at radius 1 is 1.33 bits per heavy atom. The number of amides is 2. The first-order valence-electron chi connectivity index (χ1n) is 7.21. The zero-order chi connectivity index (χ0) is 17.3. The lowest BCUT2D eigenvalue weighted by atomic mass is 10.3. The molecule has 0 unspecified atom stereocenters. The molecule has 2 heterocycles. The fraction of sp³-hybridized carbons (Fsp3) is 0.267. The minimum absolute atomic E-state index is 0.0244. The highest BCUT2D eigenvalue weighted by atomic mass is 16.3. The van der Waals surface area contributed by atoms with E-state index < -0.39 is 5.91 Å². The van der Waals surface area contributed by atoms with Gasteiger partial charge in [0, 0.05) is 32.8 Å². The Labute approximate surface area is 137 Å². The van der Waals surface area contributed by atoms with Gasteiger partial charge in [0.2, 0.25) is 5.91 Å². The summed E-state index contributed by atoms with van der Waals surface area (Å²) in [6.07, 6.45) is 1.42. The molecule has 3 aromatic rings. The second kappa shape index (κ2) is 6.11. The van der Waals surface area contributed by atoms with Gasteiger partial charge in [-0.1, -0.05) is 5.21 Å². The summed E-state index contributed by atoms with van der Waals surface area (Å²) >= 11 is 0. The van der Waals surface area contributed by atoms with Crippen LogP contribution >= 0.6 is 0 Å². The Kier molecular flexibility index (Phi) is 3.98. The number of likely N-dealkylation sites (N-methyl/N-ethyl adjacent to an activating group) is 1. The van der Waals surface area contributed by atoms with E-state index in [-0.39, 0.29) is 18.1 Å². The van der Waals surface area contributed by atoms with Crippen molar-refractivity contribution in [2.75, 3.05) is 19.4 Å². The summed E-state index contributed by atoms with van der Waals surface area (Å²) in [5, 5.41) is 10.3. The van der Waals surface area contributed by atoms with Crippen molar-refractivity contribution in [3.05, 3.63) is 36.0 Å². The maximum absolute atomic E-state index is 12.2. The molecule has 0 aliphatic rings. The van der Waals surface area contributed by atoms with E-state index in [9.17, 15) is 9.59 Å². The van der Waals surface area contributed by atoms with Crippen LogP contribution in [-0.4, -0.2) is 50.8 Å². The van der Waals surface area contributed by atoms with Crippen LogP contribution in [-0.2, 0) is 11.3 Å². The van der Waals surface area contributed by atoms with E-state index >= 15 is 0 Å². The van der Waals surface area contributed by atoms with E-state index in [0.29, 0.717) is 17.2 Å². The Hall–Kier alpha value is -3.23. The minimum Gasteiger partial charge on any atom is -0.441 e. The Bertz CT molecular complexity index is 911. The normalized spacial score (nSPS) is 10.8. The molecule has 9 nitrogen and oxygen atoms in total. The number of hydrogen-bond donors (Lipinski definition) is 1. The van der Waals surface area contributed by atoms with E-state index in [4.69, 9.17) is 4.42 Å². The van der Waals surface area contributed by atoms with Gasteiger partial charge >= 0.3 is 0 Å². The Balaban J connectivity index is 1.72. The number of nitrogens with zero attached hydrogens (tertiary/aromatic N) is 5. The molecule has 9 heteroatoms. The molecule has 0 spiro atoms. The van der Waals surface area contributed by atoms with Gasteiger partial charge in [0.25, 0.3) is 5.91 Å². The highest BCUT2D eigenvalue weighted by molar-refractivity contribution is 6.03. The monoisotopic (exact) mass is 328 g/mol. The smallest absolute Gasteiger partial charge is 0.277 e. The number of nitrogens with one attached hydrogen (secondary N) is 1. The lowest BCUT2D eigenvalue weighted by molar-refractivity contribution is -0.129. The van der Waals surface area contributed by atoms with Crippen LogP contribution in [0.5, 0.6) is 0 Å². The van der Waals surface area contributed by atoms with E-state index in [1.807, 2.05) is 0 Å². The largest absolute Gasteiger partial charge is 0.441 e. The van der Waals surface area contributed by atoms with E-state index in [1.54, 1.807) is 39.2 Å². The van der Waals surface area contributed by atoms with Crippen molar-refractivity contribution in [2.45, 2.75) is 13.5 Å². The summed E-state index contributed by atoms with van der Waals surface area (Å²) in [4.78, 5) is 29.5. The highest BCUT2D eigenvalue weighted by Gasteiger charge is 2.14. The summed E-state index contributed by atoms with van der Waals surface area (Å²) < 4.78 is 6.75. The molecule has 1 N–H and O–H groups in total. The van der Waals surface area contributed by atoms with Gasteiger partial charge in [0.1, 0.15) is 12.1 Å². The number of carbonyl (C=O) groups excluding carboxylic acids is 2. The molecule has 2 aromatic heterocycles. The molecule has 24 heavy (non-hydrogen) atoms. The van der Waals surface area contributed by atoms with E-state index in [1.165, 1.54) is 15.8 Å². The van der Waals surface area contributed by atoms with Gasteiger partial charge in [-0.25, -0.2) is 9.67 Å². The third kappa shape index (κ3) is 3.24. The lowest BCUT2D eigenvalue weighted by Crippen LogP contribution is -2.26. The second-order valence-electron chi connectivity index (χ2n) is 5.46. The number of anilines is 1. The maximum Gasteiger partial charge on any atom is 0.277 e. The fourth-order valence-electron chi connectivity index (χ4n) is 2.07. The van der Waals surface area contributed by atoms with Crippen molar-refractivity contribution in [1.29, 1.82) is 0 Å². The molecule has 2 amide bonds. The predicted molar refractivity (Wildman–Crippen MR) is 85.4 cm³/mol. The van der Waals surface area contributed by atoms with Crippen LogP contribution in [0.15, 0.2) is 28.8 Å². The molecule has 1 aromatic carbocycles. The number of benzene rings is 1. The molecule has 0 fully saturated rings. The Morgan fingerprint density at radius 3 is 2.88 bits per heavy atom. The molecule has 0 aliphatic heterocycles. The van der Waals surface area contributed by atoms with Gasteiger partial charge in [-0.2, -0.15) is 0 Å². The second-order valence-corrected chi connectivity index (χ2v) is 5.46. The summed E-state index contributed by atoms with van der Waals surface area (Å²) in [6, 6.07) is 5.17. The number of aryl methyl sites for hydroxylation is 1. The summed E-state index contributed by atoms with van der Waals surface area (Å²) in [5.74, 6) is -0.00545. The number of aromatic nitrogens is 4. The number of oxazole rings is 1. The van der Waals surface area contributed by atoms with Gasteiger partial charge in [-0.05, 0) is 12.1 Å². The zero-order valence-electron chi connectivity index (χ0n) is 13.5. The molecular formula is C15H16N6O3. The standard InChI is InChI=1S/C15H16N6O3/c1-9-16-11-5-4-10(6-13(11)24-9)17-15(23)12-7-21(19-18-12)8-14(22)20(2)3/h4-7H,8H2,1-3H3,(H,17,23). The maximum atomic E-state index is 12.2. The van der Waals surface area contributed by atoms with Gasteiger partial charge < -0.3 is 14.6 Å². The first kappa shape index (κ1) is 15.7. The van der Waals surface area contributed by atoms with Gasteiger partial charge in [-0.15, -0.1) is 5.10 Å². The van der Waals surface area contributed by atoms with Crippen LogP contribution in [0, 0.1) is 6.92 Å². The van der Waals surface area contributed by atoms with E-state index in [0.717, 1.165) is 5.52 Å². The number of fused-ring (bicyclic) bond motifs is 1. The third-order valence-corrected chi connectivity index (χ3v) is 3.32. The summed E-state index contributed by atoms with van der Waals surface area (Å²) in [6.45, 7) is 1.78. The molecule has 0 atom stereocenters. The first-order chi connectivity index (χ1) is 11.4. The van der Waals surface area contributed by atoms with Crippen LogP contribution in [0.2, 0.25) is 0 Å². The average Bonchev–Trinajstić information content (AvgIpc) is 3.12. The summed E-state index contributed by atoms with van der Waals surface area (Å²) in [7, 11) is 3.29. The van der Waals surface area contributed by atoms with Crippen molar-refractivity contribution in [2.24, 2.45) is 0 Å². The molecule has 0 aliphatic carbocycles. The van der Waals surface area contributed by atoms with Crippen molar-refractivity contribution < 1.29 is 14.0 Å². The molecule has 0 saturated heterocycles. The zero-order valence-corrected chi connectivity index (χ0v) is 13.5. The highest BCUT2D eigenvalue weighted by Crippen LogP contribution is 2.20. The van der Waals surface area contributed by atoms with Crippen molar-refractivity contribution in [3.63, 3.8) is 0 Å². The number of rotatable bonds is 4. The minimum atomic E-state index is -0.422. The SMILES string of the molecule is Cc1nc2ccc(NC(=O)c3cn(CC(=O)N(C)C)nn3)cc2o1. The predicted octanol–water partition coefficient (Wildman–Crippen LogP) is 1.07. The van der Waals surface area contributed by atoms with Crippen LogP contribution < -0.4 is 5.32 Å². The molecule has 0 radical (unpaired) electrons. The average molecular weight is 328 g/mol. The number of hydrogen-bond acceptors (Lipinski definition) is 6. The van der Waals surface area contributed by atoms with Crippen molar-refractivity contribution in [1.82, 2.24) is 24.9 Å². The summed E-state index contributed by atoms with van der Waals surface area (Å²) in [5.41, 5.74) is 1.99. The Morgan fingerprint density at radius 2 is 2.12 bits per heavy atom. The fourth-order valence-corrected chi connectivity index (χ4v) is 2.07. The van der Waals surface area contributed by atoms with Crippen molar-refractivity contribution in [3.8, 4) is 0 Å². The van der Waals surface area contributed by atoms with Crippen LogP contribution in [0.4, 0.5) is 5.69 Å². The molecule has 0 bridgehead atoms. The molecule has 124 valence electrons. The lowest BCUT2D eigenvalue weighted by Gasteiger charge is -2.08. The topological polar surface area (TPSA) is 106 Å². The van der Waals surface area contributed by atoms with Crippen LogP contribution in [0.1, 0.15) is 16.4 Å². The van der Waals surface area contributed by atoms with Crippen LogP contribution in [0.25, 0.3) is 11.1 Å². The van der Waals surface area contributed by atoms with Gasteiger partial charge in [0.05, 0.1) is 6.20 Å². The van der Waals surface area contributed by atoms with Gasteiger partial charge in [-0.3, -0.25) is 9.59 Å². The quantitative estimate of drug-likeness (QED) is 0.768. The van der Waals surface area contributed by atoms with Crippen molar-refractivity contribution >= 4 is 28.6 Å². The third-order valence-electron chi connectivity index (χ3n) is 3.32.